The Bertz CT molecular complexity index is 929. The highest BCUT2D eigenvalue weighted by Crippen LogP contribution is 2.46. The Hall–Kier alpha value is -2.18. The highest BCUT2D eigenvalue weighted by Gasteiger charge is 2.40. The van der Waals surface area contributed by atoms with Gasteiger partial charge in [-0.3, -0.25) is 9.48 Å². The van der Waals surface area contributed by atoms with E-state index in [1.165, 1.54) is 11.1 Å². The van der Waals surface area contributed by atoms with E-state index in [1.807, 2.05) is 0 Å². The van der Waals surface area contributed by atoms with Gasteiger partial charge in [-0.15, -0.1) is 0 Å². The summed E-state index contributed by atoms with van der Waals surface area (Å²) in [4.78, 5) is 11.9. The maximum atomic E-state index is 11.9. The number of hydrogen-bond donors (Lipinski definition) is 1. The van der Waals surface area contributed by atoms with Crippen LogP contribution in [0, 0.1) is 0 Å². The molecule has 1 fully saturated rings. The quantitative estimate of drug-likeness (QED) is 0.758. The first kappa shape index (κ1) is 15.1. The van der Waals surface area contributed by atoms with Crippen LogP contribution < -0.4 is 5.73 Å². The van der Waals surface area contributed by atoms with Crippen molar-refractivity contribution in [1.29, 1.82) is 0 Å². The molecular weight excluding hydrogens is 350 g/mol. The number of allylic oxidation sites excluding steroid dienone is 1. The molecule has 3 heterocycles. The van der Waals surface area contributed by atoms with E-state index in [0.717, 1.165) is 30.5 Å². The predicted molar refractivity (Wildman–Crippen MR) is 101 cm³/mol. The van der Waals surface area contributed by atoms with Crippen molar-refractivity contribution in [3.05, 3.63) is 67.8 Å². The highest BCUT2D eigenvalue weighted by molar-refractivity contribution is 7.08. The van der Waals surface area contributed by atoms with Crippen molar-refractivity contribution < 1.29 is 4.79 Å². The Labute approximate surface area is 153 Å². The van der Waals surface area contributed by atoms with Crippen LogP contribution in [-0.2, 0) is 11.8 Å². The lowest BCUT2D eigenvalue weighted by Gasteiger charge is -2.33. The Morgan fingerprint density at radius 1 is 1.20 bits per heavy atom. The number of fused-ring (bicyclic) bond motifs is 1. The third-order valence-electron chi connectivity index (χ3n) is 5.23. The summed E-state index contributed by atoms with van der Waals surface area (Å²) in [6.07, 6.45) is 7.34. The first-order chi connectivity index (χ1) is 12.2. The van der Waals surface area contributed by atoms with Crippen molar-refractivity contribution in [2.75, 3.05) is 0 Å². The Morgan fingerprint density at radius 3 is 2.40 bits per heavy atom. The minimum Gasteiger partial charge on any atom is -0.364 e. The van der Waals surface area contributed by atoms with Gasteiger partial charge in [-0.25, -0.2) is 0 Å². The molecule has 0 aromatic carbocycles. The fraction of sp³-hybridized carbons (Fsp3) is 0.263. The number of nitrogens with two attached hydrogens (primary N) is 1. The van der Waals surface area contributed by atoms with E-state index in [1.54, 1.807) is 22.7 Å². The van der Waals surface area contributed by atoms with Gasteiger partial charge in [-0.05, 0) is 57.6 Å². The summed E-state index contributed by atoms with van der Waals surface area (Å²) in [6.45, 7) is 0. The zero-order valence-corrected chi connectivity index (χ0v) is 15.1. The molecule has 3 aromatic heterocycles. The summed E-state index contributed by atoms with van der Waals surface area (Å²) in [6, 6.07) is 4.81. The largest absolute Gasteiger partial charge is 0.364 e. The molecule has 0 spiro atoms. The fourth-order valence-corrected chi connectivity index (χ4v) is 5.26. The summed E-state index contributed by atoms with van der Waals surface area (Å²) in [5.41, 5.74) is 10.4. The molecule has 126 valence electrons. The predicted octanol–water partition coefficient (Wildman–Crippen LogP) is 4.00. The maximum Gasteiger partial charge on any atom is 0.269 e. The number of hydrogen-bond acceptors (Lipinski definition) is 4. The number of thiophene rings is 2. The average Bonchev–Trinajstić information content (AvgIpc) is 3.08. The summed E-state index contributed by atoms with van der Waals surface area (Å²) in [7, 11) is 0. The van der Waals surface area contributed by atoms with Crippen molar-refractivity contribution in [1.82, 2.24) is 9.78 Å². The number of rotatable bonds is 4. The van der Waals surface area contributed by atoms with Gasteiger partial charge < -0.3 is 5.73 Å². The van der Waals surface area contributed by atoms with E-state index in [4.69, 9.17) is 5.73 Å². The molecule has 2 aliphatic carbocycles. The number of aromatic nitrogens is 2. The monoisotopic (exact) mass is 367 g/mol. The molecule has 0 atom stereocenters. The fourth-order valence-electron chi connectivity index (χ4n) is 3.79. The molecule has 3 aromatic rings. The minimum atomic E-state index is -0.445. The van der Waals surface area contributed by atoms with Crippen molar-refractivity contribution >= 4 is 34.7 Å². The standard InChI is InChI=1S/C19H17N3OS2/c20-18(23)17-15-3-6-19(12-4-7-24-10-12,13-5-8-25-11-13)9-16(15)22(21-17)14-1-2-14/h3-8,10-11,14H,1-2,9H2,(H2,20,23). The average molecular weight is 367 g/mol. The summed E-state index contributed by atoms with van der Waals surface area (Å²) in [5, 5.41) is 13.3. The lowest BCUT2D eigenvalue weighted by Crippen LogP contribution is -2.30. The van der Waals surface area contributed by atoms with Crippen LogP contribution in [0.25, 0.3) is 6.08 Å². The SMILES string of the molecule is NC(=O)c1nn(C2CC2)c2c1C=CC(c1ccsc1)(c1ccsc1)C2. The third kappa shape index (κ3) is 2.24. The lowest BCUT2D eigenvalue weighted by atomic mass is 9.70. The van der Waals surface area contributed by atoms with Gasteiger partial charge in [0.1, 0.15) is 0 Å². The van der Waals surface area contributed by atoms with Crippen LogP contribution >= 0.6 is 22.7 Å². The van der Waals surface area contributed by atoms with Crippen LogP contribution in [0.2, 0.25) is 0 Å². The van der Waals surface area contributed by atoms with E-state index in [9.17, 15) is 4.79 Å². The number of nitrogens with zero attached hydrogens (tertiary/aromatic N) is 2. The van der Waals surface area contributed by atoms with Crippen LogP contribution in [0.15, 0.2) is 39.7 Å². The van der Waals surface area contributed by atoms with Gasteiger partial charge in [0, 0.05) is 23.1 Å². The maximum absolute atomic E-state index is 11.9. The Kier molecular flexibility index (Phi) is 3.27. The molecule has 0 unspecified atom stereocenters. The van der Waals surface area contributed by atoms with Crippen molar-refractivity contribution in [2.45, 2.75) is 30.7 Å². The molecule has 4 nitrogen and oxygen atoms in total. The second kappa shape index (κ2) is 5.41. The lowest BCUT2D eigenvalue weighted by molar-refractivity contribution is 0.0994. The molecule has 0 radical (unpaired) electrons. The zero-order valence-electron chi connectivity index (χ0n) is 13.5. The van der Waals surface area contributed by atoms with Gasteiger partial charge in [0.2, 0.25) is 0 Å². The number of carbonyl (C=O) groups is 1. The summed E-state index contributed by atoms with van der Waals surface area (Å²) in [5.74, 6) is -0.445. The summed E-state index contributed by atoms with van der Waals surface area (Å²) < 4.78 is 2.06. The van der Waals surface area contributed by atoms with E-state index in [-0.39, 0.29) is 5.41 Å². The molecule has 2 N–H and O–H groups in total. The molecule has 1 amide bonds. The van der Waals surface area contributed by atoms with E-state index in [2.05, 4.69) is 55.6 Å². The van der Waals surface area contributed by atoms with Gasteiger partial charge in [0.15, 0.2) is 5.69 Å². The highest BCUT2D eigenvalue weighted by atomic mass is 32.1. The molecule has 0 aliphatic heterocycles. The molecule has 2 aliphatic rings. The van der Waals surface area contributed by atoms with Gasteiger partial charge in [-0.2, -0.15) is 27.8 Å². The topological polar surface area (TPSA) is 60.9 Å². The van der Waals surface area contributed by atoms with Gasteiger partial charge >= 0.3 is 0 Å². The number of amides is 1. The molecule has 6 heteroatoms. The van der Waals surface area contributed by atoms with Gasteiger partial charge in [0.05, 0.1) is 6.04 Å². The Balaban J connectivity index is 1.72. The first-order valence-electron chi connectivity index (χ1n) is 8.35. The normalized spacial score (nSPS) is 18.2. The van der Waals surface area contributed by atoms with Crippen LogP contribution in [0.4, 0.5) is 0 Å². The van der Waals surface area contributed by atoms with E-state index < -0.39 is 5.91 Å². The van der Waals surface area contributed by atoms with Crippen LogP contribution in [0.5, 0.6) is 0 Å². The second-order valence-electron chi connectivity index (χ2n) is 6.75. The van der Waals surface area contributed by atoms with Crippen LogP contribution in [0.1, 0.15) is 51.8 Å². The van der Waals surface area contributed by atoms with Crippen molar-refractivity contribution in [3.8, 4) is 0 Å². The van der Waals surface area contributed by atoms with E-state index in [0.29, 0.717) is 11.7 Å². The van der Waals surface area contributed by atoms with Crippen LogP contribution in [0.3, 0.4) is 0 Å². The molecule has 0 saturated heterocycles. The third-order valence-corrected chi connectivity index (χ3v) is 6.60. The molecule has 0 bridgehead atoms. The number of primary amides is 1. The van der Waals surface area contributed by atoms with Gasteiger partial charge in [0.25, 0.3) is 5.91 Å². The first-order valence-corrected chi connectivity index (χ1v) is 10.2. The van der Waals surface area contributed by atoms with Gasteiger partial charge in [-0.1, -0.05) is 12.2 Å². The second-order valence-corrected chi connectivity index (χ2v) is 8.31. The smallest absolute Gasteiger partial charge is 0.269 e. The van der Waals surface area contributed by atoms with Crippen LogP contribution in [-0.4, -0.2) is 15.7 Å². The zero-order chi connectivity index (χ0) is 17.0. The van der Waals surface area contributed by atoms with Crippen molar-refractivity contribution in [2.24, 2.45) is 5.73 Å². The minimum absolute atomic E-state index is 0.200. The number of carbonyl (C=O) groups excluding carboxylic acids is 1. The molecule has 5 rings (SSSR count). The molecule has 25 heavy (non-hydrogen) atoms. The van der Waals surface area contributed by atoms with E-state index >= 15 is 0 Å². The summed E-state index contributed by atoms with van der Waals surface area (Å²) >= 11 is 3.43. The molecule has 1 saturated carbocycles. The van der Waals surface area contributed by atoms with Crippen molar-refractivity contribution in [3.63, 3.8) is 0 Å². The molecular formula is C19H17N3OS2. The Morgan fingerprint density at radius 2 is 1.88 bits per heavy atom.